The molecule has 1 N–H and O–H groups in total. The molecule has 140 valence electrons. The summed E-state index contributed by atoms with van der Waals surface area (Å²) in [4.78, 5) is 7.90. The molecule has 2 heterocycles. The summed E-state index contributed by atoms with van der Waals surface area (Å²) < 4.78 is 41.3. The van der Waals surface area contributed by atoms with Crippen LogP contribution >= 0.6 is 11.6 Å². The molecule has 0 aliphatic carbocycles. The maximum absolute atomic E-state index is 13.9. The van der Waals surface area contributed by atoms with Gasteiger partial charge in [-0.15, -0.1) is 0 Å². The van der Waals surface area contributed by atoms with Crippen molar-refractivity contribution in [1.82, 2.24) is 19.7 Å². The molecule has 0 bridgehead atoms. The largest absolute Gasteiger partial charge is 0.280 e. The van der Waals surface area contributed by atoms with Crippen LogP contribution in [0.25, 0.3) is 11.3 Å². The fraction of sp³-hybridized carbons (Fsp3) is 0.176. The van der Waals surface area contributed by atoms with Crippen molar-refractivity contribution >= 4 is 23.8 Å². The van der Waals surface area contributed by atoms with E-state index in [9.17, 15) is 13.2 Å². The highest BCUT2D eigenvalue weighted by Gasteiger charge is 2.14. The first kappa shape index (κ1) is 18.8. The number of alkyl halides is 2. The molecule has 10 heteroatoms. The van der Waals surface area contributed by atoms with Crippen LogP contribution in [0.15, 0.2) is 35.4 Å². The van der Waals surface area contributed by atoms with Gasteiger partial charge >= 0.3 is 0 Å². The van der Waals surface area contributed by atoms with Gasteiger partial charge < -0.3 is 0 Å². The molecule has 3 aromatic rings. The molecule has 0 radical (unpaired) electrons. The number of rotatable bonds is 5. The monoisotopic (exact) mass is 394 g/mol. The first-order valence-corrected chi connectivity index (χ1v) is 8.14. The van der Waals surface area contributed by atoms with Gasteiger partial charge in [0.2, 0.25) is 11.9 Å². The average molecular weight is 395 g/mol. The Morgan fingerprint density at radius 2 is 1.93 bits per heavy atom. The SMILES string of the molecule is Cc1nn(C)c(F)c1/C=N\Nc1nc(-c2ccc(Cl)cc2)cc(C(F)F)n1. The number of halogens is 4. The van der Waals surface area contributed by atoms with Crippen LogP contribution in [0.4, 0.5) is 19.1 Å². The van der Waals surface area contributed by atoms with Crippen LogP contribution < -0.4 is 5.43 Å². The number of aryl methyl sites for hydroxylation is 2. The van der Waals surface area contributed by atoms with E-state index in [1.54, 1.807) is 31.2 Å². The summed E-state index contributed by atoms with van der Waals surface area (Å²) >= 11 is 5.84. The van der Waals surface area contributed by atoms with Gasteiger partial charge in [-0.2, -0.15) is 14.6 Å². The molecule has 0 saturated heterocycles. The van der Waals surface area contributed by atoms with Crippen molar-refractivity contribution in [2.75, 3.05) is 5.43 Å². The standard InChI is InChI=1S/C17H14ClF3N6/c1-9-12(16(21)27(2)26-9)8-22-25-17-23-13(7-14(24-17)15(19)20)10-3-5-11(18)6-4-10/h3-8,15H,1-2H3,(H,23,24,25)/b22-8-. The fourth-order valence-corrected chi connectivity index (χ4v) is 2.47. The van der Waals surface area contributed by atoms with Crippen molar-refractivity contribution in [2.24, 2.45) is 12.1 Å². The summed E-state index contributed by atoms with van der Waals surface area (Å²) in [6.07, 6.45) is -1.60. The van der Waals surface area contributed by atoms with Gasteiger partial charge in [0.1, 0.15) is 5.69 Å². The predicted molar refractivity (Wildman–Crippen MR) is 96.6 cm³/mol. The zero-order valence-corrected chi connectivity index (χ0v) is 15.0. The highest BCUT2D eigenvalue weighted by Crippen LogP contribution is 2.25. The van der Waals surface area contributed by atoms with E-state index in [2.05, 4.69) is 25.6 Å². The smallest absolute Gasteiger partial charge is 0.245 e. The lowest BCUT2D eigenvalue weighted by molar-refractivity contribution is 0.146. The summed E-state index contributed by atoms with van der Waals surface area (Å²) in [6.45, 7) is 1.62. The lowest BCUT2D eigenvalue weighted by atomic mass is 10.1. The minimum atomic E-state index is -2.79. The van der Waals surface area contributed by atoms with Crippen LogP contribution in [-0.4, -0.2) is 26.0 Å². The van der Waals surface area contributed by atoms with E-state index in [4.69, 9.17) is 11.6 Å². The summed E-state index contributed by atoms with van der Waals surface area (Å²) in [5.74, 6) is -0.710. The van der Waals surface area contributed by atoms with Gasteiger partial charge in [0.25, 0.3) is 6.43 Å². The number of anilines is 1. The van der Waals surface area contributed by atoms with E-state index in [-0.39, 0.29) is 17.2 Å². The number of hydrazone groups is 1. The second kappa shape index (κ2) is 7.75. The summed E-state index contributed by atoms with van der Waals surface area (Å²) in [7, 11) is 1.46. The highest BCUT2D eigenvalue weighted by molar-refractivity contribution is 6.30. The van der Waals surface area contributed by atoms with Gasteiger partial charge in [0.15, 0.2) is 0 Å². The van der Waals surface area contributed by atoms with Crippen molar-refractivity contribution in [3.8, 4) is 11.3 Å². The Morgan fingerprint density at radius 3 is 2.52 bits per heavy atom. The third-order valence-corrected chi connectivity index (χ3v) is 3.92. The Bertz CT molecular complexity index is 985. The zero-order valence-electron chi connectivity index (χ0n) is 14.3. The normalized spacial score (nSPS) is 11.5. The third-order valence-electron chi connectivity index (χ3n) is 3.66. The molecule has 0 fully saturated rings. The summed E-state index contributed by atoms with van der Waals surface area (Å²) in [6, 6.07) is 7.75. The predicted octanol–water partition coefficient (Wildman–Crippen LogP) is 4.36. The molecule has 3 rings (SSSR count). The molecule has 1 aromatic carbocycles. The molecular formula is C17H14ClF3N6. The second-order valence-corrected chi connectivity index (χ2v) is 6.03. The lowest BCUT2D eigenvalue weighted by Gasteiger charge is -2.07. The molecule has 0 unspecified atom stereocenters. The Hall–Kier alpha value is -2.94. The molecule has 0 spiro atoms. The van der Waals surface area contributed by atoms with Gasteiger partial charge in [-0.25, -0.2) is 28.9 Å². The van der Waals surface area contributed by atoms with E-state index in [1.165, 1.54) is 19.3 Å². The van der Waals surface area contributed by atoms with Gasteiger partial charge in [0.05, 0.1) is 23.2 Å². The van der Waals surface area contributed by atoms with Gasteiger partial charge in [-0.3, -0.25) is 0 Å². The second-order valence-electron chi connectivity index (χ2n) is 5.59. The van der Waals surface area contributed by atoms with E-state index in [0.29, 0.717) is 16.3 Å². The number of nitrogens with zero attached hydrogens (tertiary/aromatic N) is 5. The maximum atomic E-state index is 13.9. The van der Waals surface area contributed by atoms with Crippen molar-refractivity contribution in [2.45, 2.75) is 13.3 Å². The molecule has 6 nitrogen and oxygen atoms in total. The van der Waals surface area contributed by atoms with Gasteiger partial charge in [0, 0.05) is 17.6 Å². The van der Waals surface area contributed by atoms with Gasteiger partial charge in [-0.1, -0.05) is 23.7 Å². The minimum Gasteiger partial charge on any atom is -0.245 e. The molecule has 0 aliphatic heterocycles. The van der Waals surface area contributed by atoms with E-state index in [0.717, 1.165) is 4.68 Å². The first-order valence-electron chi connectivity index (χ1n) is 7.76. The van der Waals surface area contributed by atoms with Crippen LogP contribution in [0.1, 0.15) is 23.4 Å². The maximum Gasteiger partial charge on any atom is 0.280 e. The van der Waals surface area contributed by atoms with Crippen LogP contribution in [0.3, 0.4) is 0 Å². The fourth-order valence-electron chi connectivity index (χ4n) is 2.34. The van der Waals surface area contributed by atoms with Crippen molar-refractivity contribution < 1.29 is 13.2 Å². The van der Waals surface area contributed by atoms with Crippen LogP contribution in [0.5, 0.6) is 0 Å². The van der Waals surface area contributed by atoms with Crippen LogP contribution in [-0.2, 0) is 7.05 Å². The number of hydrogen-bond donors (Lipinski definition) is 1. The van der Waals surface area contributed by atoms with Crippen molar-refractivity contribution in [3.05, 3.63) is 58.3 Å². The average Bonchev–Trinajstić information content (AvgIpc) is 2.88. The quantitative estimate of drug-likeness (QED) is 0.515. The molecular weight excluding hydrogens is 381 g/mol. The first-order chi connectivity index (χ1) is 12.8. The highest BCUT2D eigenvalue weighted by atomic mass is 35.5. The van der Waals surface area contributed by atoms with Crippen LogP contribution in [0.2, 0.25) is 5.02 Å². The third kappa shape index (κ3) is 4.25. The molecule has 0 atom stereocenters. The Labute approximate surface area is 157 Å². The van der Waals surface area contributed by atoms with Crippen molar-refractivity contribution in [1.29, 1.82) is 0 Å². The van der Waals surface area contributed by atoms with Gasteiger partial charge in [-0.05, 0) is 25.1 Å². The number of hydrogen-bond acceptors (Lipinski definition) is 5. The number of benzene rings is 1. The summed E-state index contributed by atoms with van der Waals surface area (Å²) in [5, 5.41) is 8.27. The Kier molecular flexibility index (Phi) is 5.41. The van der Waals surface area contributed by atoms with Crippen LogP contribution in [0, 0.1) is 12.9 Å². The Balaban J connectivity index is 1.90. The zero-order chi connectivity index (χ0) is 19.6. The molecule has 0 amide bonds. The van der Waals surface area contributed by atoms with E-state index in [1.807, 2.05) is 0 Å². The minimum absolute atomic E-state index is 0.143. The van der Waals surface area contributed by atoms with Crippen molar-refractivity contribution in [3.63, 3.8) is 0 Å². The summed E-state index contributed by atoms with van der Waals surface area (Å²) in [5.41, 5.74) is 3.47. The number of aromatic nitrogens is 4. The topological polar surface area (TPSA) is 68.0 Å². The number of nitrogens with one attached hydrogen (secondary N) is 1. The molecule has 0 aliphatic rings. The van der Waals surface area contributed by atoms with E-state index < -0.39 is 18.1 Å². The Morgan fingerprint density at radius 1 is 1.22 bits per heavy atom. The molecule has 2 aromatic heterocycles. The van der Waals surface area contributed by atoms with E-state index >= 15 is 0 Å². The molecule has 0 saturated carbocycles. The lowest BCUT2D eigenvalue weighted by Crippen LogP contribution is -2.03. The molecule has 27 heavy (non-hydrogen) atoms.